The summed E-state index contributed by atoms with van der Waals surface area (Å²) in [4.78, 5) is 27.6. The van der Waals surface area contributed by atoms with Crippen LogP contribution < -0.4 is 4.90 Å². The molecule has 0 saturated carbocycles. The molecule has 3 aliphatic rings. The third-order valence-corrected chi connectivity index (χ3v) is 6.82. The van der Waals surface area contributed by atoms with Crippen LogP contribution in [0.2, 0.25) is 5.02 Å². The molecule has 0 N–H and O–H groups in total. The van der Waals surface area contributed by atoms with Crippen LogP contribution in [0.15, 0.2) is 36.4 Å². The summed E-state index contributed by atoms with van der Waals surface area (Å²) in [7, 11) is 1.84. The molecular formula is C23H23ClN2O3. The van der Waals surface area contributed by atoms with Gasteiger partial charge in [0.2, 0.25) is 5.91 Å². The molecule has 6 heteroatoms. The summed E-state index contributed by atoms with van der Waals surface area (Å²) in [6.07, 6.45) is 2.53. The number of piperidine rings is 1. The number of benzene rings is 2. The van der Waals surface area contributed by atoms with Crippen LogP contribution in [-0.2, 0) is 32.9 Å². The first kappa shape index (κ1) is 18.8. The number of likely N-dealkylation sites (N-methyl/N-ethyl adjacent to an activating group) is 1. The Morgan fingerprint density at radius 2 is 2.00 bits per heavy atom. The Kier molecular flexibility index (Phi) is 4.50. The van der Waals surface area contributed by atoms with Crippen molar-refractivity contribution in [2.24, 2.45) is 0 Å². The van der Waals surface area contributed by atoms with Crippen LogP contribution in [0.3, 0.4) is 0 Å². The van der Waals surface area contributed by atoms with Crippen LogP contribution in [0.1, 0.15) is 41.2 Å². The lowest BCUT2D eigenvalue weighted by Crippen LogP contribution is -2.42. The molecule has 29 heavy (non-hydrogen) atoms. The number of amides is 1. The van der Waals surface area contributed by atoms with E-state index in [9.17, 15) is 9.59 Å². The zero-order chi connectivity index (χ0) is 20.2. The van der Waals surface area contributed by atoms with E-state index in [1.165, 1.54) is 5.56 Å². The number of hydrogen-bond acceptors (Lipinski definition) is 4. The topological polar surface area (TPSA) is 49.9 Å². The second kappa shape index (κ2) is 6.94. The van der Waals surface area contributed by atoms with Crippen LogP contribution in [-0.4, -0.2) is 37.2 Å². The number of fused-ring (bicyclic) bond motifs is 3. The van der Waals surface area contributed by atoms with E-state index in [-0.39, 0.29) is 5.91 Å². The fraction of sp³-hybridized carbons (Fsp3) is 0.391. The van der Waals surface area contributed by atoms with Crippen molar-refractivity contribution in [1.82, 2.24) is 4.90 Å². The molecule has 1 atom stereocenters. The Bertz CT molecular complexity index is 998. The zero-order valence-electron chi connectivity index (χ0n) is 16.4. The van der Waals surface area contributed by atoms with E-state index in [0.717, 1.165) is 61.1 Å². The molecule has 1 unspecified atom stereocenters. The fourth-order valence-electron chi connectivity index (χ4n) is 4.95. The summed E-state index contributed by atoms with van der Waals surface area (Å²) in [6.45, 7) is 2.59. The molecule has 1 saturated heterocycles. The minimum absolute atomic E-state index is 0.150. The van der Waals surface area contributed by atoms with Gasteiger partial charge < -0.3 is 14.4 Å². The van der Waals surface area contributed by atoms with Crippen molar-refractivity contribution in [2.45, 2.75) is 37.5 Å². The molecule has 0 bridgehead atoms. The normalized spacial score (nSPS) is 22.8. The van der Waals surface area contributed by atoms with E-state index in [2.05, 4.69) is 23.1 Å². The van der Waals surface area contributed by atoms with Crippen LogP contribution in [0, 0.1) is 0 Å². The molecule has 2 aromatic rings. The number of likely N-dealkylation sites (tertiary alicyclic amines) is 1. The van der Waals surface area contributed by atoms with E-state index in [1.54, 1.807) is 4.90 Å². The lowest BCUT2D eigenvalue weighted by atomic mass is 9.83. The van der Waals surface area contributed by atoms with Gasteiger partial charge in [0.1, 0.15) is 6.10 Å². The van der Waals surface area contributed by atoms with Gasteiger partial charge >= 0.3 is 0 Å². The number of hydrogen-bond donors (Lipinski definition) is 0. The quantitative estimate of drug-likeness (QED) is 0.725. The first-order valence-corrected chi connectivity index (χ1v) is 10.4. The van der Waals surface area contributed by atoms with Crippen LogP contribution >= 0.6 is 11.6 Å². The predicted octanol–water partition coefficient (Wildman–Crippen LogP) is 3.62. The largest absolute Gasteiger partial charge is 0.355 e. The predicted molar refractivity (Wildman–Crippen MR) is 111 cm³/mol. The molecule has 1 spiro atoms. The summed E-state index contributed by atoms with van der Waals surface area (Å²) < 4.78 is 6.25. The van der Waals surface area contributed by atoms with Crippen LogP contribution in [0.25, 0.3) is 0 Å². The number of halogens is 1. The van der Waals surface area contributed by atoms with Gasteiger partial charge in [0, 0.05) is 37.4 Å². The number of rotatable bonds is 3. The summed E-state index contributed by atoms with van der Waals surface area (Å²) in [5.74, 6) is 0.150. The molecule has 2 aromatic carbocycles. The lowest BCUT2D eigenvalue weighted by molar-refractivity contribution is -0.137. The van der Waals surface area contributed by atoms with Gasteiger partial charge in [-0.2, -0.15) is 0 Å². The van der Waals surface area contributed by atoms with Crippen LogP contribution in [0.4, 0.5) is 5.69 Å². The SMILES string of the molecule is CN1C(=O)Cc2ccc(CN3CCC4(CC3)OC(C=O)c3ccc(Cl)cc34)cc21. The monoisotopic (exact) mass is 410 g/mol. The van der Waals surface area contributed by atoms with Crippen molar-refractivity contribution in [3.05, 3.63) is 63.7 Å². The van der Waals surface area contributed by atoms with Crippen molar-refractivity contribution >= 4 is 29.5 Å². The molecule has 5 nitrogen and oxygen atoms in total. The van der Waals surface area contributed by atoms with Gasteiger partial charge in [0.25, 0.3) is 0 Å². The van der Waals surface area contributed by atoms with E-state index < -0.39 is 11.7 Å². The molecule has 0 radical (unpaired) electrons. The molecule has 1 fully saturated rings. The lowest BCUT2D eigenvalue weighted by Gasteiger charge is -2.39. The van der Waals surface area contributed by atoms with Crippen molar-refractivity contribution in [3.63, 3.8) is 0 Å². The van der Waals surface area contributed by atoms with E-state index in [1.807, 2.05) is 25.2 Å². The molecule has 1 amide bonds. The number of carbonyl (C=O) groups excluding carboxylic acids is 2. The van der Waals surface area contributed by atoms with Gasteiger partial charge in [-0.15, -0.1) is 0 Å². The van der Waals surface area contributed by atoms with Gasteiger partial charge in [-0.25, -0.2) is 0 Å². The van der Waals surface area contributed by atoms with Gasteiger partial charge in [-0.3, -0.25) is 9.69 Å². The Morgan fingerprint density at radius 3 is 2.76 bits per heavy atom. The maximum Gasteiger partial charge on any atom is 0.231 e. The van der Waals surface area contributed by atoms with E-state index in [0.29, 0.717) is 11.4 Å². The smallest absolute Gasteiger partial charge is 0.231 e. The number of nitrogens with zero attached hydrogens (tertiary/aromatic N) is 2. The second-order valence-electron chi connectivity index (χ2n) is 8.27. The summed E-state index contributed by atoms with van der Waals surface area (Å²) in [5.41, 5.74) is 4.93. The van der Waals surface area contributed by atoms with Crippen molar-refractivity contribution in [3.8, 4) is 0 Å². The molecule has 5 rings (SSSR count). The third kappa shape index (κ3) is 3.08. The van der Waals surface area contributed by atoms with E-state index >= 15 is 0 Å². The maximum atomic E-state index is 11.9. The summed E-state index contributed by atoms with van der Waals surface area (Å²) in [5, 5.41) is 0.678. The first-order valence-electron chi connectivity index (χ1n) is 10.0. The van der Waals surface area contributed by atoms with Gasteiger partial charge in [0.15, 0.2) is 6.29 Å². The van der Waals surface area contributed by atoms with Crippen molar-refractivity contribution in [1.29, 1.82) is 0 Å². The number of carbonyl (C=O) groups is 2. The maximum absolute atomic E-state index is 11.9. The summed E-state index contributed by atoms with van der Waals surface area (Å²) in [6, 6.07) is 12.0. The standard InChI is InChI=1S/C23H23ClN2O3/c1-25-20-10-15(2-3-16(20)11-22(25)28)13-26-8-6-23(7-9-26)19-12-17(24)4-5-18(19)21(14-27)29-23/h2-5,10,12,14,21H,6-9,11,13H2,1H3. The number of anilines is 1. The second-order valence-corrected chi connectivity index (χ2v) is 8.71. The average molecular weight is 411 g/mol. The number of aldehydes is 1. The Morgan fingerprint density at radius 1 is 1.21 bits per heavy atom. The molecule has 3 aliphatic heterocycles. The third-order valence-electron chi connectivity index (χ3n) is 6.59. The average Bonchev–Trinajstić information content (AvgIpc) is 3.18. The highest BCUT2D eigenvalue weighted by molar-refractivity contribution is 6.30. The Hall–Kier alpha value is -2.21. The molecule has 0 aromatic heterocycles. The highest BCUT2D eigenvalue weighted by atomic mass is 35.5. The fourth-order valence-corrected chi connectivity index (χ4v) is 5.12. The highest BCUT2D eigenvalue weighted by Crippen LogP contribution is 2.49. The Balaban J connectivity index is 1.31. The molecule has 3 heterocycles. The summed E-state index contributed by atoms with van der Waals surface area (Å²) >= 11 is 6.24. The highest BCUT2D eigenvalue weighted by Gasteiger charge is 2.46. The first-order chi connectivity index (χ1) is 14.0. The number of ether oxygens (including phenoxy) is 1. The minimum atomic E-state index is -0.501. The zero-order valence-corrected chi connectivity index (χ0v) is 17.1. The van der Waals surface area contributed by atoms with Crippen LogP contribution in [0.5, 0.6) is 0 Å². The molecular weight excluding hydrogens is 388 g/mol. The molecule has 150 valence electrons. The van der Waals surface area contributed by atoms with Crippen molar-refractivity contribution in [2.75, 3.05) is 25.0 Å². The van der Waals surface area contributed by atoms with Crippen molar-refractivity contribution < 1.29 is 14.3 Å². The van der Waals surface area contributed by atoms with E-state index in [4.69, 9.17) is 16.3 Å². The van der Waals surface area contributed by atoms with Gasteiger partial charge in [-0.1, -0.05) is 29.8 Å². The molecule has 0 aliphatic carbocycles. The van der Waals surface area contributed by atoms with Gasteiger partial charge in [-0.05, 0) is 53.3 Å². The van der Waals surface area contributed by atoms with Gasteiger partial charge in [0.05, 0.1) is 12.0 Å². The Labute approximate surface area is 175 Å². The minimum Gasteiger partial charge on any atom is -0.355 e.